The summed E-state index contributed by atoms with van der Waals surface area (Å²) < 4.78 is 0. The molecule has 0 saturated carbocycles. The quantitative estimate of drug-likeness (QED) is 0.896. The number of amides is 1. The number of carbonyl (C=O) groups excluding carboxylic acids is 1. The van der Waals surface area contributed by atoms with Crippen LogP contribution in [0, 0.1) is 6.92 Å². The highest BCUT2D eigenvalue weighted by atomic mass is 16.2. The molecule has 0 aliphatic heterocycles. The van der Waals surface area contributed by atoms with Crippen LogP contribution < -0.4 is 5.32 Å². The second-order valence-corrected chi connectivity index (χ2v) is 4.17. The van der Waals surface area contributed by atoms with Crippen molar-refractivity contribution in [3.8, 4) is 0 Å². The summed E-state index contributed by atoms with van der Waals surface area (Å²) in [7, 11) is 0. The molecular weight excluding hydrogens is 226 g/mol. The molecule has 1 atom stereocenters. The van der Waals surface area contributed by atoms with E-state index in [1.54, 1.807) is 12.1 Å². The van der Waals surface area contributed by atoms with Crippen molar-refractivity contribution in [2.24, 2.45) is 0 Å². The average Bonchev–Trinajstić information content (AvgIpc) is 2.40. The normalized spacial score (nSPS) is 11.9. The monoisotopic (exact) mass is 241 g/mol. The molecule has 1 aromatic heterocycles. The van der Waals surface area contributed by atoms with Crippen LogP contribution in [-0.4, -0.2) is 16.1 Å². The Balaban J connectivity index is 2.06. The molecule has 0 saturated heterocycles. The van der Waals surface area contributed by atoms with Crippen LogP contribution in [0.2, 0.25) is 0 Å². The molecule has 1 N–H and O–H groups in total. The minimum atomic E-state index is -0.209. The van der Waals surface area contributed by atoms with Gasteiger partial charge in [-0.15, -0.1) is 5.10 Å². The van der Waals surface area contributed by atoms with Gasteiger partial charge in [-0.1, -0.05) is 30.3 Å². The van der Waals surface area contributed by atoms with E-state index in [-0.39, 0.29) is 11.9 Å². The lowest BCUT2D eigenvalue weighted by atomic mass is 10.1. The van der Waals surface area contributed by atoms with E-state index in [4.69, 9.17) is 0 Å². The summed E-state index contributed by atoms with van der Waals surface area (Å²) in [5.41, 5.74) is 2.19. The number of aryl methyl sites for hydroxylation is 1. The highest BCUT2D eigenvalue weighted by Crippen LogP contribution is 2.11. The first-order valence-corrected chi connectivity index (χ1v) is 5.83. The molecule has 1 heterocycles. The van der Waals surface area contributed by atoms with Crippen LogP contribution in [0.4, 0.5) is 0 Å². The van der Waals surface area contributed by atoms with Crippen LogP contribution in [0.15, 0.2) is 42.5 Å². The van der Waals surface area contributed by atoms with Gasteiger partial charge in [0, 0.05) is 0 Å². The largest absolute Gasteiger partial charge is 0.344 e. The molecule has 0 aliphatic rings. The molecule has 4 nitrogen and oxygen atoms in total. The van der Waals surface area contributed by atoms with Crippen molar-refractivity contribution in [3.63, 3.8) is 0 Å². The van der Waals surface area contributed by atoms with E-state index in [9.17, 15) is 4.79 Å². The van der Waals surface area contributed by atoms with E-state index in [0.717, 1.165) is 11.3 Å². The lowest BCUT2D eigenvalue weighted by Crippen LogP contribution is -2.27. The van der Waals surface area contributed by atoms with Gasteiger partial charge in [0.25, 0.3) is 5.91 Å². The number of hydrogen-bond donors (Lipinski definition) is 1. The van der Waals surface area contributed by atoms with E-state index in [1.165, 1.54) is 0 Å². The van der Waals surface area contributed by atoms with Crippen molar-refractivity contribution in [3.05, 3.63) is 59.4 Å². The number of aromatic nitrogens is 2. The molecule has 0 bridgehead atoms. The summed E-state index contributed by atoms with van der Waals surface area (Å²) in [4.78, 5) is 11.9. The molecule has 1 unspecified atom stereocenters. The number of nitrogens with zero attached hydrogens (tertiary/aromatic N) is 2. The van der Waals surface area contributed by atoms with Gasteiger partial charge < -0.3 is 5.32 Å². The lowest BCUT2D eigenvalue weighted by Gasteiger charge is -2.13. The molecule has 2 rings (SSSR count). The number of hydrogen-bond acceptors (Lipinski definition) is 3. The van der Waals surface area contributed by atoms with Crippen molar-refractivity contribution in [2.75, 3.05) is 0 Å². The van der Waals surface area contributed by atoms with Gasteiger partial charge in [-0.3, -0.25) is 4.79 Å². The van der Waals surface area contributed by atoms with Crippen molar-refractivity contribution < 1.29 is 4.79 Å². The fourth-order valence-corrected chi connectivity index (χ4v) is 1.62. The smallest absolute Gasteiger partial charge is 0.272 e. The Morgan fingerprint density at radius 2 is 1.83 bits per heavy atom. The molecule has 4 heteroatoms. The van der Waals surface area contributed by atoms with Crippen LogP contribution in [0.1, 0.15) is 34.7 Å². The van der Waals surface area contributed by atoms with Gasteiger partial charge in [0.15, 0.2) is 5.69 Å². The molecule has 2 aromatic rings. The third-order valence-corrected chi connectivity index (χ3v) is 2.68. The van der Waals surface area contributed by atoms with Gasteiger partial charge in [0.2, 0.25) is 0 Å². The Bertz CT molecular complexity index is 522. The maximum atomic E-state index is 11.9. The van der Waals surface area contributed by atoms with Gasteiger partial charge in [-0.05, 0) is 31.5 Å². The molecular formula is C14H15N3O. The molecule has 92 valence electrons. The van der Waals surface area contributed by atoms with E-state index in [2.05, 4.69) is 15.5 Å². The van der Waals surface area contributed by atoms with E-state index in [1.807, 2.05) is 44.2 Å². The summed E-state index contributed by atoms with van der Waals surface area (Å²) in [5, 5.41) is 10.6. The predicted molar refractivity (Wildman–Crippen MR) is 69.1 cm³/mol. The molecule has 1 aromatic carbocycles. The Kier molecular flexibility index (Phi) is 3.67. The zero-order valence-electron chi connectivity index (χ0n) is 10.4. The van der Waals surface area contributed by atoms with Crippen LogP contribution >= 0.6 is 0 Å². The van der Waals surface area contributed by atoms with Gasteiger partial charge in [0.1, 0.15) is 0 Å². The molecule has 0 aliphatic carbocycles. The van der Waals surface area contributed by atoms with Gasteiger partial charge >= 0.3 is 0 Å². The maximum absolute atomic E-state index is 11.9. The van der Waals surface area contributed by atoms with Gasteiger partial charge in [-0.25, -0.2) is 0 Å². The third-order valence-electron chi connectivity index (χ3n) is 2.68. The van der Waals surface area contributed by atoms with Crippen LogP contribution in [0.5, 0.6) is 0 Å². The lowest BCUT2D eigenvalue weighted by molar-refractivity contribution is 0.0933. The fraction of sp³-hybridized carbons (Fsp3) is 0.214. The van der Waals surface area contributed by atoms with E-state index < -0.39 is 0 Å². The zero-order chi connectivity index (χ0) is 13.0. The summed E-state index contributed by atoms with van der Waals surface area (Å²) in [6, 6.07) is 13.2. The molecule has 0 spiro atoms. The minimum absolute atomic E-state index is 0.0539. The zero-order valence-corrected chi connectivity index (χ0v) is 10.4. The number of carbonyl (C=O) groups is 1. The van der Waals surface area contributed by atoms with Crippen molar-refractivity contribution in [2.45, 2.75) is 19.9 Å². The molecule has 0 radical (unpaired) electrons. The second-order valence-electron chi connectivity index (χ2n) is 4.17. The Labute approximate surface area is 106 Å². The summed E-state index contributed by atoms with van der Waals surface area (Å²) >= 11 is 0. The maximum Gasteiger partial charge on any atom is 0.272 e. The van der Waals surface area contributed by atoms with Crippen LogP contribution in [-0.2, 0) is 0 Å². The standard InChI is InChI=1S/C14H15N3O/c1-10-8-9-13(17-16-10)14(18)15-11(2)12-6-4-3-5-7-12/h3-9,11H,1-2H3,(H,15,18). The Morgan fingerprint density at radius 3 is 2.44 bits per heavy atom. The van der Waals surface area contributed by atoms with Crippen molar-refractivity contribution >= 4 is 5.91 Å². The minimum Gasteiger partial charge on any atom is -0.344 e. The second kappa shape index (κ2) is 5.40. The summed E-state index contributed by atoms with van der Waals surface area (Å²) in [6.45, 7) is 3.77. The highest BCUT2D eigenvalue weighted by Gasteiger charge is 2.12. The summed E-state index contributed by atoms with van der Waals surface area (Å²) in [6.07, 6.45) is 0. The van der Waals surface area contributed by atoms with Gasteiger partial charge in [0.05, 0.1) is 11.7 Å². The van der Waals surface area contributed by atoms with Gasteiger partial charge in [-0.2, -0.15) is 5.10 Å². The molecule has 1 amide bonds. The van der Waals surface area contributed by atoms with E-state index in [0.29, 0.717) is 5.69 Å². The SMILES string of the molecule is Cc1ccc(C(=O)NC(C)c2ccccc2)nn1. The summed E-state index contributed by atoms with van der Waals surface area (Å²) in [5.74, 6) is -0.209. The number of benzene rings is 1. The first kappa shape index (κ1) is 12.2. The highest BCUT2D eigenvalue weighted by molar-refractivity contribution is 5.92. The number of nitrogens with one attached hydrogen (secondary N) is 1. The average molecular weight is 241 g/mol. The molecule has 18 heavy (non-hydrogen) atoms. The predicted octanol–water partition coefficient (Wildman–Crippen LogP) is 2.28. The first-order valence-electron chi connectivity index (χ1n) is 5.83. The van der Waals surface area contributed by atoms with Crippen LogP contribution in [0.3, 0.4) is 0 Å². The fourth-order valence-electron chi connectivity index (χ4n) is 1.62. The van der Waals surface area contributed by atoms with Crippen molar-refractivity contribution in [1.29, 1.82) is 0 Å². The third kappa shape index (κ3) is 2.91. The Morgan fingerprint density at radius 1 is 1.11 bits per heavy atom. The molecule has 0 fully saturated rings. The first-order chi connectivity index (χ1) is 8.66. The van der Waals surface area contributed by atoms with Crippen molar-refractivity contribution in [1.82, 2.24) is 15.5 Å². The number of rotatable bonds is 3. The Hall–Kier alpha value is -2.23. The topological polar surface area (TPSA) is 54.9 Å². The van der Waals surface area contributed by atoms with Crippen LogP contribution in [0.25, 0.3) is 0 Å². The van der Waals surface area contributed by atoms with E-state index >= 15 is 0 Å².